The highest BCUT2D eigenvalue weighted by Gasteiger charge is 2.28. The summed E-state index contributed by atoms with van der Waals surface area (Å²) < 4.78 is 0. The number of hydrogen-bond donors (Lipinski definition) is 2. The molecule has 0 radical (unpaired) electrons. The predicted octanol–water partition coefficient (Wildman–Crippen LogP) is 3.21. The Morgan fingerprint density at radius 3 is 2.89 bits per heavy atom. The summed E-state index contributed by atoms with van der Waals surface area (Å²) in [4.78, 5) is 8.01. The highest BCUT2D eigenvalue weighted by atomic mass is 32.2. The second kappa shape index (κ2) is 6.35. The van der Waals surface area contributed by atoms with Crippen molar-refractivity contribution in [1.29, 1.82) is 0 Å². The Hall–Kier alpha value is -0.130. The summed E-state index contributed by atoms with van der Waals surface area (Å²) >= 11 is 4.11. The van der Waals surface area contributed by atoms with Crippen LogP contribution in [0.4, 0.5) is 0 Å². The first-order valence-electron chi connectivity index (χ1n) is 6.60. The fourth-order valence-electron chi connectivity index (χ4n) is 1.87. The first-order valence-corrected chi connectivity index (χ1v) is 8.59. The fraction of sp³-hybridized carbons (Fsp3) is 0.769. The molecule has 1 saturated heterocycles. The summed E-state index contributed by atoms with van der Waals surface area (Å²) in [6.45, 7) is 9.83. The molecule has 0 aliphatic carbocycles. The molecule has 3 atom stereocenters. The van der Waals surface area contributed by atoms with Gasteiger partial charge in [-0.25, -0.2) is 4.98 Å². The number of H-pyrrole nitrogens is 1. The topological polar surface area (TPSA) is 40.7 Å². The molecule has 18 heavy (non-hydrogen) atoms. The van der Waals surface area contributed by atoms with Crippen molar-refractivity contribution in [2.24, 2.45) is 0 Å². The minimum Gasteiger partial charge on any atom is -0.344 e. The molecule has 1 aliphatic heterocycles. The third-order valence-electron chi connectivity index (χ3n) is 3.20. The zero-order chi connectivity index (χ0) is 13.1. The molecule has 0 amide bonds. The molecule has 3 unspecified atom stereocenters. The summed E-state index contributed by atoms with van der Waals surface area (Å²) in [5.74, 6) is 2.31. The van der Waals surface area contributed by atoms with E-state index in [1.165, 1.54) is 11.4 Å². The van der Waals surface area contributed by atoms with E-state index in [4.69, 9.17) is 0 Å². The molecule has 2 N–H and O–H groups in total. The molecule has 5 heteroatoms. The molecule has 0 saturated carbocycles. The summed E-state index contributed by atoms with van der Waals surface area (Å²) in [5, 5.41) is 5.39. The van der Waals surface area contributed by atoms with Crippen LogP contribution in [0.1, 0.15) is 44.5 Å². The first kappa shape index (κ1) is 14.3. The highest BCUT2D eigenvalue weighted by Crippen LogP contribution is 2.43. The van der Waals surface area contributed by atoms with E-state index in [1.807, 2.05) is 6.20 Å². The highest BCUT2D eigenvalue weighted by molar-refractivity contribution is 8.07. The van der Waals surface area contributed by atoms with Crippen LogP contribution >= 0.6 is 23.5 Å². The number of nitrogens with zero attached hydrogens (tertiary/aromatic N) is 1. The van der Waals surface area contributed by atoms with Gasteiger partial charge >= 0.3 is 0 Å². The fourth-order valence-corrected chi connectivity index (χ4v) is 4.74. The third kappa shape index (κ3) is 3.68. The predicted molar refractivity (Wildman–Crippen MR) is 82.3 cm³/mol. The van der Waals surface area contributed by atoms with Crippen molar-refractivity contribution >= 4 is 23.5 Å². The number of imidazole rings is 1. The van der Waals surface area contributed by atoms with Gasteiger partial charge in [0.15, 0.2) is 0 Å². The number of thioether (sulfide) groups is 2. The monoisotopic (exact) mass is 285 g/mol. The Labute approximate surface area is 118 Å². The summed E-state index contributed by atoms with van der Waals surface area (Å²) in [7, 11) is 0. The van der Waals surface area contributed by atoms with Gasteiger partial charge in [-0.2, -0.15) is 11.8 Å². The van der Waals surface area contributed by atoms with Crippen LogP contribution in [0.5, 0.6) is 0 Å². The maximum atomic E-state index is 4.55. The molecule has 102 valence electrons. The van der Waals surface area contributed by atoms with Crippen LogP contribution in [0.2, 0.25) is 0 Å². The van der Waals surface area contributed by atoms with Gasteiger partial charge in [-0.1, -0.05) is 27.7 Å². The Bertz CT molecular complexity index is 378. The van der Waals surface area contributed by atoms with E-state index in [1.54, 1.807) is 0 Å². The molecule has 1 fully saturated rings. The smallest absolute Gasteiger partial charge is 0.120 e. The van der Waals surface area contributed by atoms with Crippen molar-refractivity contribution in [3.05, 3.63) is 17.7 Å². The molecule has 1 aromatic heterocycles. The van der Waals surface area contributed by atoms with E-state index >= 15 is 0 Å². The molecule has 1 aromatic rings. The van der Waals surface area contributed by atoms with E-state index in [2.05, 4.69) is 66.5 Å². The molecule has 2 rings (SSSR count). The van der Waals surface area contributed by atoms with Gasteiger partial charge in [0.1, 0.15) is 5.82 Å². The number of rotatable bonds is 4. The molecular formula is C13H23N3S2. The zero-order valence-corrected chi connectivity index (χ0v) is 13.2. The van der Waals surface area contributed by atoms with Crippen LogP contribution in [0.15, 0.2) is 6.20 Å². The summed E-state index contributed by atoms with van der Waals surface area (Å²) in [6, 6.07) is 0.511. The van der Waals surface area contributed by atoms with Gasteiger partial charge in [0.05, 0.1) is 5.25 Å². The molecule has 0 aromatic carbocycles. The van der Waals surface area contributed by atoms with Crippen LogP contribution in [-0.4, -0.2) is 32.3 Å². The lowest BCUT2D eigenvalue weighted by Gasteiger charge is -2.30. The minimum absolute atomic E-state index is 0.511. The van der Waals surface area contributed by atoms with Crippen LogP contribution < -0.4 is 5.32 Å². The van der Waals surface area contributed by atoms with Gasteiger partial charge in [-0.05, 0) is 0 Å². The zero-order valence-electron chi connectivity index (χ0n) is 11.6. The quantitative estimate of drug-likeness (QED) is 0.891. The van der Waals surface area contributed by atoms with E-state index < -0.39 is 0 Å². The number of hydrogen-bond acceptors (Lipinski definition) is 4. The van der Waals surface area contributed by atoms with Gasteiger partial charge in [0, 0.05) is 40.7 Å². The van der Waals surface area contributed by atoms with E-state index in [0.717, 1.165) is 17.6 Å². The Kier molecular flexibility index (Phi) is 5.04. The lowest BCUT2D eigenvalue weighted by atomic mass is 10.3. The lowest BCUT2D eigenvalue weighted by Crippen LogP contribution is -2.23. The van der Waals surface area contributed by atoms with E-state index in [0.29, 0.717) is 16.5 Å². The Balaban J connectivity index is 1.93. The standard InChI is InChI=1S/C13H23N3S2/c1-8(2)14-5-11-6-15-13(16-11)12-7-17-9(3)10(4)18-12/h6,8-10,12,14H,5,7H2,1-4H3,(H,15,16). The SMILES string of the molecule is CC(C)NCc1cnc(C2CSC(C)C(C)S2)[nH]1. The number of aromatic nitrogens is 2. The van der Waals surface area contributed by atoms with Crippen molar-refractivity contribution in [2.75, 3.05) is 5.75 Å². The first-order chi connectivity index (χ1) is 8.56. The molecule has 0 bridgehead atoms. The molecule has 3 nitrogen and oxygen atoms in total. The normalized spacial score (nSPS) is 28.8. The van der Waals surface area contributed by atoms with Crippen LogP contribution in [0, 0.1) is 0 Å². The Morgan fingerprint density at radius 2 is 2.22 bits per heavy atom. The van der Waals surface area contributed by atoms with Gasteiger partial charge in [0.25, 0.3) is 0 Å². The van der Waals surface area contributed by atoms with Gasteiger partial charge in [0.2, 0.25) is 0 Å². The largest absolute Gasteiger partial charge is 0.344 e. The van der Waals surface area contributed by atoms with Crippen molar-refractivity contribution in [3.8, 4) is 0 Å². The van der Waals surface area contributed by atoms with Crippen molar-refractivity contribution in [1.82, 2.24) is 15.3 Å². The summed E-state index contributed by atoms with van der Waals surface area (Å²) in [5.41, 5.74) is 1.19. The molecule has 1 aliphatic rings. The van der Waals surface area contributed by atoms with Crippen molar-refractivity contribution < 1.29 is 0 Å². The van der Waals surface area contributed by atoms with Crippen LogP contribution in [0.25, 0.3) is 0 Å². The molecule has 0 spiro atoms. The molecular weight excluding hydrogens is 262 g/mol. The average Bonchev–Trinajstić information content (AvgIpc) is 2.79. The molecule has 2 heterocycles. The van der Waals surface area contributed by atoms with E-state index in [9.17, 15) is 0 Å². The second-order valence-electron chi connectivity index (χ2n) is 5.20. The maximum absolute atomic E-state index is 4.55. The number of aromatic amines is 1. The van der Waals surface area contributed by atoms with Gasteiger partial charge < -0.3 is 10.3 Å². The van der Waals surface area contributed by atoms with Crippen molar-refractivity contribution in [3.63, 3.8) is 0 Å². The Morgan fingerprint density at radius 1 is 1.44 bits per heavy atom. The average molecular weight is 285 g/mol. The van der Waals surface area contributed by atoms with Gasteiger partial charge in [-0.15, -0.1) is 11.8 Å². The van der Waals surface area contributed by atoms with Crippen LogP contribution in [0.3, 0.4) is 0 Å². The summed E-state index contributed by atoms with van der Waals surface area (Å²) in [6.07, 6.45) is 1.97. The minimum atomic E-state index is 0.511. The second-order valence-corrected chi connectivity index (χ2v) is 8.19. The van der Waals surface area contributed by atoms with Crippen molar-refractivity contribution in [2.45, 2.75) is 56.0 Å². The van der Waals surface area contributed by atoms with E-state index in [-0.39, 0.29) is 0 Å². The lowest BCUT2D eigenvalue weighted by molar-refractivity contribution is 0.582. The maximum Gasteiger partial charge on any atom is 0.120 e. The van der Waals surface area contributed by atoms with Crippen LogP contribution in [-0.2, 0) is 6.54 Å². The van der Waals surface area contributed by atoms with Gasteiger partial charge in [-0.3, -0.25) is 0 Å². The number of nitrogens with one attached hydrogen (secondary N) is 2. The third-order valence-corrected chi connectivity index (χ3v) is 6.60.